The molecule has 0 radical (unpaired) electrons. The third kappa shape index (κ3) is 5.22. The van der Waals surface area contributed by atoms with E-state index in [2.05, 4.69) is 101 Å². The number of likely N-dealkylation sites (N-methyl/N-ethyl adjacent to an activating group) is 2. The summed E-state index contributed by atoms with van der Waals surface area (Å²) >= 11 is 0. The van der Waals surface area contributed by atoms with Crippen LogP contribution in [0, 0.1) is 23.7 Å². The minimum atomic E-state index is -0.829. The van der Waals surface area contributed by atoms with Crippen LogP contribution in [0.1, 0.15) is 61.3 Å². The average Bonchev–Trinajstić information content (AvgIpc) is 3.65. The molecule has 0 unspecified atom stereocenters. The molecule has 4 aromatic rings. The SMILES string of the molecule is CC=C1CN(C)[C@H]2Cc3c([nH]c4ccccc34)[C@H](n3c4c(c5ccccc53)C[C@H]3[C@@H](C(=O)OC)[C@H](C[C@H]4O)/C(=C\C)CN3C)C[C@H]1[C@@H]2C(=O)OC. The summed E-state index contributed by atoms with van der Waals surface area (Å²) in [4.78, 5) is 35.9. The van der Waals surface area contributed by atoms with E-state index < -0.39 is 6.10 Å². The predicted octanol–water partition coefficient (Wildman–Crippen LogP) is 5.97. The molecule has 4 bridgehead atoms. The number of hydrogen-bond acceptors (Lipinski definition) is 7. The molecule has 2 aliphatic heterocycles. The van der Waals surface area contributed by atoms with Crippen LogP contribution in [0.3, 0.4) is 0 Å². The van der Waals surface area contributed by atoms with Gasteiger partial charge in [-0.1, -0.05) is 59.7 Å². The zero-order chi connectivity index (χ0) is 35.7. The van der Waals surface area contributed by atoms with Crippen LogP contribution < -0.4 is 0 Å². The number of piperidine rings is 2. The highest BCUT2D eigenvalue weighted by molar-refractivity contribution is 5.88. The van der Waals surface area contributed by atoms with Gasteiger partial charge >= 0.3 is 11.9 Å². The van der Waals surface area contributed by atoms with Gasteiger partial charge < -0.3 is 24.1 Å². The van der Waals surface area contributed by atoms with Crippen molar-refractivity contribution in [3.63, 3.8) is 0 Å². The summed E-state index contributed by atoms with van der Waals surface area (Å²) in [6, 6.07) is 16.6. The first kappa shape index (κ1) is 33.9. The van der Waals surface area contributed by atoms with Crippen molar-refractivity contribution in [1.29, 1.82) is 0 Å². The van der Waals surface area contributed by atoms with Gasteiger partial charge in [-0.15, -0.1) is 0 Å². The molecule has 2 aromatic heterocycles. The molecule has 2 aromatic carbocycles. The first-order valence-electron chi connectivity index (χ1n) is 18.5. The van der Waals surface area contributed by atoms with Crippen molar-refractivity contribution in [3.05, 3.63) is 94.3 Å². The normalized spacial score (nSPS) is 31.4. The number of H-pyrrole nitrogens is 1. The van der Waals surface area contributed by atoms with E-state index in [1.54, 1.807) is 0 Å². The van der Waals surface area contributed by atoms with E-state index in [1.165, 1.54) is 30.7 Å². The standard InChI is InChI=1S/C42H50N4O5/c1-7-23-21-44(3)33-18-29-25-13-9-11-15-31(25)43-39(29)35(17-27(23)37(33)41(48)50-5)46-32-16-12-10-14-26(32)30-19-34-38(42(49)51-6)28(20-36(47)40(30)46)24(8-2)22-45(34)4/h7-16,27-28,33-38,43,47H,17-22H2,1-6H3/b23-7?,24-8-/t27-,28-,33+,34+,35-,36-,37+,38+/m1/s1. The molecule has 51 heavy (non-hydrogen) atoms. The molecule has 8 rings (SSSR count). The number of likely N-dealkylation sites (tertiary alicyclic amines) is 2. The van der Waals surface area contributed by atoms with Crippen molar-refractivity contribution < 1.29 is 24.2 Å². The number of allylic oxidation sites excluding steroid dienone is 2. The lowest BCUT2D eigenvalue weighted by Crippen LogP contribution is -2.54. The molecule has 9 nitrogen and oxygen atoms in total. The fourth-order valence-electron chi connectivity index (χ4n) is 10.6. The Morgan fingerprint density at radius 1 is 0.784 bits per heavy atom. The Labute approximate surface area is 299 Å². The number of carbonyl (C=O) groups excluding carboxylic acids is 2. The summed E-state index contributed by atoms with van der Waals surface area (Å²) in [7, 11) is 7.21. The van der Waals surface area contributed by atoms with Gasteiger partial charge in [-0.25, -0.2) is 0 Å². The number of aromatic nitrogens is 2. The quantitative estimate of drug-likeness (QED) is 0.202. The number of nitrogens with one attached hydrogen (secondary N) is 1. The van der Waals surface area contributed by atoms with Crippen molar-refractivity contribution in [3.8, 4) is 0 Å². The van der Waals surface area contributed by atoms with Gasteiger partial charge in [0, 0.05) is 52.7 Å². The van der Waals surface area contributed by atoms with E-state index >= 15 is 0 Å². The van der Waals surface area contributed by atoms with Crippen LogP contribution >= 0.6 is 0 Å². The van der Waals surface area contributed by atoms with Crippen LogP contribution in [-0.4, -0.2) is 89.9 Å². The van der Waals surface area contributed by atoms with E-state index in [1.807, 2.05) is 6.92 Å². The Hall–Kier alpha value is -4.18. The largest absolute Gasteiger partial charge is 0.469 e. The van der Waals surface area contributed by atoms with E-state index in [9.17, 15) is 14.7 Å². The summed E-state index contributed by atoms with van der Waals surface area (Å²) in [5, 5.41) is 14.9. The summed E-state index contributed by atoms with van der Waals surface area (Å²) in [5.41, 5.74) is 8.88. The van der Waals surface area contributed by atoms with Crippen LogP contribution in [0.2, 0.25) is 0 Å². The van der Waals surface area contributed by atoms with Gasteiger partial charge in [-0.2, -0.15) is 0 Å². The molecule has 2 N–H and O–H groups in total. The lowest BCUT2D eigenvalue weighted by atomic mass is 9.69. The fraction of sp³-hybridized carbons (Fsp3) is 0.476. The number of esters is 2. The van der Waals surface area contributed by atoms with Crippen LogP contribution in [-0.2, 0) is 31.9 Å². The third-order valence-electron chi connectivity index (χ3n) is 13.0. The summed E-state index contributed by atoms with van der Waals surface area (Å²) in [6.45, 7) is 5.64. The maximum atomic E-state index is 13.9. The lowest BCUT2D eigenvalue weighted by Gasteiger charge is -2.47. The Morgan fingerprint density at radius 3 is 1.94 bits per heavy atom. The van der Waals surface area contributed by atoms with Crippen LogP contribution in [0.15, 0.2) is 71.8 Å². The van der Waals surface area contributed by atoms with Gasteiger partial charge in [-0.05, 0) is 88.7 Å². The number of rotatable bonds is 3. The zero-order valence-electron chi connectivity index (χ0n) is 30.6. The summed E-state index contributed by atoms with van der Waals surface area (Å²) in [6.07, 6.45) is 5.87. The molecular formula is C42H50N4O5. The number of benzene rings is 2. The number of para-hydroxylation sites is 2. The Bertz CT molecular complexity index is 2070. The Morgan fingerprint density at radius 2 is 1.33 bits per heavy atom. The van der Waals surface area contributed by atoms with Crippen molar-refractivity contribution in [1.82, 2.24) is 19.4 Å². The van der Waals surface area contributed by atoms with Crippen LogP contribution in [0.25, 0.3) is 21.8 Å². The Kier molecular flexibility index (Phi) is 8.72. The minimum absolute atomic E-state index is 0.0258. The van der Waals surface area contributed by atoms with Gasteiger partial charge in [0.15, 0.2) is 0 Å². The maximum absolute atomic E-state index is 13.9. The summed E-state index contributed by atoms with van der Waals surface area (Å²) < 4.78 is 13.4. The molecule has 0 spiro atoms. The van der Waals surface area contributed by atoms with Crippen molar-refractivity contribution in [2.24, 2.45) is 23.7 Å². The van der Waals surface area contributed by atoms with E-state index in [-0.39, 0.29) is 53.7 Å². The number of aliphatic hydroxyl groups excluding tert-OH is 1. The second-order valence-corrected chi connectivity index (χ2v) is 15.2. The number of nitrogens with zero attached hydrogens (tertiary/aromatic N) is 3. The van der Waals surface area contributed by atoms with Crippen molar-refractivity contribution >= 4 is 33.7 Å². The fourth-order valence-corrected chi connectivity index (χ4v) is 10.6. The number of carbonyl (C=O) groups is 2. The van der Waals surface area contributed by atoms with E-state index in [4.69, 9.17) is 9.47 Å². The number of hydrogen-bond donors (Lipinski definition) is 2. The lowest BCUT2D eigenvalue weighted by molar-refractivity contribution is -0.152. The molecule has 9 heteroatoms. The van der Waals surface area contributed by atoms with Crippen LogP contribution in [0.5, 0.6) is 0 Å². The summed E-state index contributed by atoms with van der Waals surface area (Å²) in [5.74, 6) is -1.33. The number of fused-ring (bicyclic) bond motifs is 10. The van der Waals surface area contributed by atoms with E-state index in [0.717, 1.165) is 52.0 Å². The molecule has 2 fully saturated rings. The van der Waals surface area contributed by atoms with Gasteiger partial charge in [0.2, 0.25) is 0 Å². The zero-order valence-corrected chi connectivity index (χ0v) is 30.6. The first-order valence-corrected chi connectivity index (χ1v) is 18.5. The second kappa shape index (κ2) is 13.1. The topological polar surface area (TPSA) is 100 Å². The average molecular weight is 691 g/mol. The third-order valence-corrected chi connectivity index (χ3v) is 13.0. The molecule has 8 atom stereocenters. The molecule has 4 aliphatic rings. The van der Waals surface area contributed by atoms with E-state index in [0.29, 0.717) is 25.7 Å². The molecule has 268 valence electrons. The second-order valence-electron chi connectivity index (χ2n) is 15.2. The van der Waals surface area contributed by atoms with Gasteiger partial charge in [0.25, 0.3) is 0 Å². The number of ether oxygens (including phenoxy) is 2. The highest BCUT2D eigenvalue weighted by atomic mass is 16.5. The van der Waals surface area contributed by atoms with Gasteiger partial charge in [-0.3, -0.25) is 19.4 Å². The number of methoxy groups -OCH3 is 2. The highest BCUT2D eigenvalue weighted by Crippen LogP contribution is 2.51. The van der Waals surface area contributed by atoms with Crippen molar-refractivity contribution in [2.75, 3.05) is 41.4 Å². The molecule has 2 aliphatic carbocycles. The Balaban J connectivity index is 1.41. The smallest absolute Gasteiger partial charge is 0.310 e. The minimum Gasteiger partial charge on any atom is -0.469 e. The molecular weight excluding hydrogens is 640 g/mol. The van der Waals surface area contributed by atoms with Crippen molar-refractivity contribution in [2.45, 2.75) is 63.8 Å². The molecule has 2 saturated heterocycles. The van der Waals surface area contributed by atoms with Gasteiger partial charge in [0.1, 0.15) is 0 Å². The molecule has 4 heterocycles. The predicted molar refractivity (Wildman–Crippen MR) is 198 cm³/mol. The maximum Gasteiger partial charge on any atom is 0.310 e. The number of aliphatic hydroxyl groups is 1. The monoisotopic (exact) mass is 690 g/mol. The number of aromatic amines is 1. The molecule has 0 amide bonds. The first-order chi connectivity index (χ1) is 24.7. The molecule has 0 saturated carbocycles. The van der Waals surface area contributed by atoms with Gasteiger partial charge in [0.05, 0.1) is 43.9 Å². The highest BCUT2D eigenvalue weighted by Gasteiger charge is 2.50. The van der Waals surface area contributed by atoms with Crippen LogP contribution in [0.4, 0.5) is 0 Å².